The Morgan fingerprint density at radius 1 is 1.26 bits per heavy atom. The molecule has 0 fully saturated rings. The number of aryl methyl sites for hydroxylation is 1. The van der Waals surface area contributed by atoms with Crippen LogP contribution in [0.15, 0.2) is 34.7 Å². The van der Waals surface area contributed by atoms with Crippen molar-refractivity contribution in [2.75, 3.05) is 18.5 Å². The Hall–Kier alpha value is -1.88. The van der Waals surface area contributed by atoms with Gasteiger partial charge in [-0.1, -0.05) is 42.4 Å². The molecule has 1 aromatic carbocycles. The number of ether oxygens (including phenoxy) is 1. The fraction of sp³-hybridized carbons (Fsp3) is 0.429. The molecule has 5 heteroatoms. The Morgan fingerprint density at radius 2 is 2.05 bits per heavy atom. The van der Waals surface area contributed by atoms with Gasteiger partial charge in [-0.25, -0.2) is 0 Å². The Bertz CT molecular complexity index is 484. The lowest BCUT2D eigenvalue weighted by atomic mass is 10.2. The van der Waals surface area contributed by atoms with E-state index in [1.54, 1.807) is 6.92 Å². The lowest BCUT2D eigenvalue weighted by molar-refractivity contribution is 0.0953. The van der Waals surface area contributed by atoms with Gasteiger partial charge in [0.05, 0.1) is 13.2 Å². The van der Waals surface area contributed by atoms with Crippen LogP contribution in [0.5, 0.6) is 0 Å². The molecule has 19 heavy (non-hydrogen) atoms. The van der Waals surface area contributed by atoms with E-state index in [1.807, 2.05) is 18.2 Å². The molecule has 0 saturated carbocycles. The number of rotatable bonds is 7. The first-order chi connectivity index (χ1) is 9.24. The highest BCUT2D eigenvalue weighted by atomic mass is 16.5. The van der Waals surface area contributed by atoms with Gasteiger partial charge in [0.15, 0.2) is 0 Å². The van der Waals surface area contributed by atoms with Gasteiger partial charge in [0.1, 0.15) is 0 Å². The summed E-state index contributed by atoms with van der Waals surface area (Å²) in [7, 11) is 0. The van der Waals surface area contributed by atoms with E-state index in [4.69, 9.17) is 9.15 Å². The largest absolute Gasteiger partial charge is 0.408 e. The minimum absolute atomic E-state index is 0.371. The minimum Gasteiger partial charge on any atom is -0.408 e. The highest BCUT2D eigenvalue weighted by Crippen LogP contribution is 2.07. The highest BCUT2D eigenvalue weighted by molar-refractivity contribution is 5.16. The van der Waals surface area contributed by atoms with Gasteiger partial charge in [0.2, 0.25) is 5.89 Å². The molecule has 1 N–H and O–H groups in total. The van der Waals surface area contributed by atoms with Crippen molar-refractivity contribution < 1.29 is 9.15 Å². The fourth-order valence-corrected chi connectivity index (χ4v) is 1.64. The first-order valence-corrected chi connectivity index (χ1v) is 6.39. The van der Waals surface area contributed by atoms with Crippen LogP contribution in [0.1, 0.15) is 18.4 Å². The molecule has 5 nitrogen and oxygen atoms in total. The summed E-state index contributed by atoms with van der Waals surface area (Å²) in [6.07, 6.45) is 0. The van der Waals surface area contributed by atoms with Gasteiger partial charge in [0.25, 0.3) is 0 Å². The zero-order chi connectivity index (χ0) is 13.5. The van der Waals surface area contributed by atoms with Crippen LogP contribution in [-0.4, -0.2) is 23.3 Å². The molecule has 1 unspecified atom stereocenters. The second-order valence-corrected chi connectivity index (χ2v) is 4.61. The number of hydrogen-bond donors (Lipinski definition) is 1. The molecular formula is C14H19N3O2. The quantitative estimate of drug-likeness (QED) is 0.830. The Labute approximate surface area is 113 Å². The molecule has 1 atom stereocenters. The molecule has 0 amide bonds. The van der Waals surface area contributed by atoms with Crippen molar-refractivity contribution >= 4 is 6.01 Å². The molecule has 0 aliphatic rings. The topological polar surface area (TPSA) is 60.2 Å². The highest BCUT2D eigenvalue weighted by Gasteiger charge is 2.06. The summed E-state index contributed by atoms with van der Waals surface area (Å²) in [5.74, 6) is 0.936. The van der Waals surface area contributed by atoms with Crippen molar-refractivity contribution in [3.8, 4) is 0 Å². The number of nitrogens with one attached hydrogen (secondary N) is 1. The second kappa shape index (κ2) is 6.89. The maximum Gasteiger partial charge on any atom is 0.315 e. The van der Waals surface area contributed by atoms with Crippen LogP contribution in [0.3, 0.4) is 0 Å². The smallest absolute Gasteiger partial charge is 0.315 e. The number of nitrogens with zero attached hydrogens (tertiary/aromatic N) is 2. The van der Waals surface area contributed by atoms with Gasteiger partial charge in [0, 0.05) is 13.5 Å². The fourth-order valence-electron chi connectivity index (χ4n) is 1.64. The molecule has 2 rings (SSSR count). The van der Waals surface area contributed by atoms with Crippen LogP contribution in [0.4, 0.5) is 6.01 Å². The van der Waals surface area contributed by atoms with E-state index in [9.17, 15) is 0 Å². The molecule has 2 aromatic rings. The van der Waals surface area contributed by atoms with Crippen LogP contribution in [0, 0.1) is 12.8 Å². The van der Waals surface area contributed by atoms with Gasteiger partial charge >= 0.3 is 6.01 Å². The summed E-state index contributed by atoms with van der Waals surface area (Å²) in [5, 5.41) is 10.7. The monoisotopic (exact) mass is 261 g/mol. The first kappa shape index (κ1) is 13.5. The normalized spacial score (nSPS) is 12.3. The van der Waals surface area contributed by atoms with E-state index in [-0.39, 0.29) is 0 Å². The predicted molar refractivity (Wildman–Crippen MR) is 72.8 cm³/mol. The third-order valence-electron chi connectivity index (χ3n) is 2.64. The summed E-state index contributed by atoms with van der Waals surface area (Å²) >= 11 is 0. The standard InChI is InChI=1S/C14H19N3O2/c1-11(8-15-14-17-16-12(2)19-14)9-18-10-13-6-4-3-5-7-13/h3-7,11H,8-10H2,1-2H3,(H,15,17). The molecule has 0 aliphatic heterocycles. The van der Waals surface area contributed by atoms with Crippen molar-refractivity contribution in [2.24, 2.45) is 5.92 Å². The third kappa shape index (κ3) is 4.71. The summed E-state index contributed by atoms with van der Waals surface area (Å²) < 4.78 is 10.9. The maximum atomic E-state index is 5.67. The Kier molecular flexibility index (Phi) is 4.92. The van der Waals surface area contributed by atoms with Gasteiger partial charge in [-0.3, -0.25) is 0 Å². The van der Waals surface area contributed by atoms with Gasteiger partial charge in [-0.2, -0.15) is 0 Å². The third-order valence-corrected chi connectivity index (χ3v) is 2.64. The maximum absolute atomic E-state index is 5.67. The molecular weight excluding hydrogens is 242 g/mol. The van der Waals surface area contributed by atoms with E-state index in [1.165, 1.54) is 5.56 Å². The van der Waals surface area contributed by atoms with Crippen molar-refractivity contribution in [3.05, 3.63) is 41.8 Å². The Morgan fingerprint density at radius 3 is 2.74 bits per heavy atom. The van der Waals surface area contributed by atoms with Crippen LogP contribution >= 0.6 is 0 Å². The van der Waals surface area contributed by atoms with Crippen LogP contribution in [0.25, 0.3) is 0 Å². The van der Waals surface area contributed by atoms with Gasteiger partial charge < -0.3 is 14.5 Å². The molecule has 1 aromatic heterocycles. The van der Waals surface area contributed by atoms with Crippen LogP contribution < -0.4 is 5.32 Å². The van der Waals surface area contributed by atoms with Crippen molar-refractivity contribution in [2.45, 2.75) is 20.5 Å². The summed E-state index contributed by atoms with van der Waals surface area (Å²) in [6.45, 7) is 5.96. The minimum atomic E-state index is 0.371. The van der Waals surface area contributed by atoms with Crippen molar-refractivity contribution in [3.63, 3.8) is 0 Å². The zero-order valence-corrected chi connectivity index (χ0v) is 11.3. The van der Waals surface area contributed by atoms with Crippen molar-refractivity contribution in [1.82, 2.24) is 10.2 Å². The summed E-state index contributed by atoms with van der Waals surface area (Å²) in [5.41, 5.74) is 1.19. The first-order valence-electron chi connectivity index (χ1n) is 6.39. The second-order valence-electron chi connectivity index (χ2n) is 4.61. The van der Waals surface area contributed by atoms with E-state index in [0.717, 1.165) is 6.54 Å². The van der Waals surface area contributed by atoms with Crippen molar-refractivity contribution in [1.29, 1.82) is 0 Å². The average molecular weight is 261 g/mol. The SMILES string of the molecule is Cc1nnc(NCC(C)COCc2ccccc2)o1. The number of hydrogen-bond acceptors (Lipinski definition) is 5. The van der Waals surface area contributed by atoms with E-state index >= 15 is 0 Å². The van der Waals surface area contributed by atoms with E-state index in [0.29, 0.717) is 31.0 Å². The molecule has 0 aliphatic carbocycles. The van der Waals surface area contributed by atoms with Gasteiger partial charge in [-0.05, 0) is 11.5 Å². The van der Waals surface area contributed by atoms with Crippen LogP contribution in [-0.2, 0) is 11.3 Å². The molecule has 1 heterocycles. The number of anilines is 1. The lowest BCUT2D eigenvalue weighted by Gasteiger charge is -2.12. The Balaban J connectivity index is 1.63. The summed E-state index contributed by atoms with van der Waals surface area (Å²) in [6, 6.07) is 10.6. The molecule has 0 radical (unpaired) electrons. The predicted octanol–water partition coefficient (Wildman–Crippen LogP) is 2.64. The van der Waals surface area contributed by atoms with Gasteiger partial charge in [-0.15, -0.1) is 5.10 Å². The number of aromatic nitrogens is 2. The lowest BCUT2D eigenvalue weighted by Crippen LogP contribution is -2.16. The van der Waals surface area contributed by atoms with E-state index < -0.39 is 0 Å². The van der Waals surface area contributed by atoms with E-state index in [2.05, 4.69) is 34.6 Å². The molecule has 0 bridgehead atoms. The zero-order valence-electron chi connectivity index (χ0n) is 11.3. The number of benzene rings is 1. The van der Waals surface area contributed by atoms with Crippen LogP contribution in [0.2, 0.25) is 0 Å². The molecule has 102 valence electrons. The molecule has 0 spiro atoms. The average Bonchev–Trinajstić information content (AvgIpc) is 2.83. The summed E-state index contributed by atoms with van der Waals surface area (Å²) in [4.78, 5) is 0. The molecule has 0 saturated heterocycles.